The number of esters is 3. The van der Waals surface area contributed by atoms with E-state index >= 15 is 0 Å². The molecule has 0 aliphatic heterocycles. The van der Waals surface area contributed by atoms with E-state index < -0.39 is 24.5 Å². The van der Waals surface area contributed by atoms with Crippen molar-refractivity contribution in [2.45, 2.75) is 58.5 Å². The fraction of sp³-hybridized carbons (Fsp3) is 0.343. The first-order valence-corrected chi connectivity index (χ1v) is 14.7. The highest BCUT2D eigenvalue weighted by molar-refractivity contribution is 5.91. The Balaban J connectivity index is 1.28. The summed E-state index contributed by atoms with van der Waals surface area (Å²) in [6.07, 6.45) is 0.720. The molecule has 0 amide bonds. The van der Waals surface area contributed by atoms with E-state index in [-0.39, 0.29) is 31.2 Å². The van der Waals surface area contributed by atoms with E-state index in [1.165, 1.54) is 30.3 Å². The van der Waals surface area contributed by atoms with E-state index in [0.717, 1.165) is 30.4 Å². The number of ether oxygens (including phenoxy) is 4. The van der Waals surface area contributed by atoms with Crippen molar-refractivity contribution in [2.24, 2.45) is 0 Å². The topological polar surface area (TPSA) is 88.1 Å². The second kappa shape index (κ2) is 17.6. The Morgan fingerprint density at radius 2 is 1.27 bits per heavy atom. The number of aryl methyl sites for hydroxylation is 2. The van der Waals surface area contributed by atoms with Crippen LogP contribution in [-0.2, 0) is 14.3 Å². The molecule has 0 saturated carbocycles. The summed E-state index contributed by atoms with van der Waals surface area (Å²) in [6, 6.07) is 18.1. The Kier molecular flexibility index (Phi) is 13.7. The molecule has 0 fully saturated rings. The van der Waals surface area contributed by atoms with Gasteiger partial charge in [-0.15, -0.1) is 0 Å². The smallest absolute Gasteiger partial charge is 0.389 e. The number of carbonyl (C=O) groups is 3. The molecule has 10 heteroatoms. The van der Waals surface area contributed by atoms with Crippen LogP contribution >= 0.6 is 0 Å². The lowest BCUT2D eigenvalue weighted by atomic mass is 10.1. The van der Waals surface area contributed by atoms with Gasteiger partial charge in [0, 0.05) is 12.5 Å². The summed E-state index contributed by atoms with van der Waals surface area (Å²) in [5, 5.41) is 0. The monoisotopic (exact) mass is 626 g/mol. The molecule has 240 valence electrons. The van der Waals surface area contributed by atoms with Gasteiger partial charge in [-0.05, 0) is 106 Å². The van der Waals surface area contributed by atoms with Gasteiger partial charge in [0.15, 0.2) is 0 Å². The zero-order valence-electron chi connectivity index (χ0n) is 25.4. The van der Waals surface area contributed by atoms with Crippen molar-refractivity contribution in [3.05, 3.63) is 101 Å². The molecule has 0 bridgehead atoms. The van der Waals surface area contributed by atoms with Crippen molar-refractivity contribution in [2.75, 3.05) is 19.8 Å². The number of alkyl halides is 3. The molecule has 7 nitrogen and oxygen atoms in total. The van der Waals surface area contributed by atoms with E-state index in [1.54, 1.807) is 30.3 Å². The number of hydrogen-bond donors (Lipinski definition) is 0. The Morgan fingerprint density at radius 3 is 1.89 bits per heavy atom. The third-order valence-electron chi connectivity index (χ3n) is 6.44. The van der Waals surface area contributed by atoms with Crippen LogP contribution in [0.2, 0.25) is 0 Å². The maximum atomic E-state index is 12.4. The number of rotatable bonds is 16. The summed E-state index contributed by atoms with van der Waals surface area (Å²) in [5.41, 5.74) is 3.55. The molecule has 0 N–H and O–H groups in total. The Bertz CT molecular complexity index is 1410. The van der Waals surface area contributed by atoms with Crippen molar-refractivity contribution in [3.8, 4) is 11.5 Å². The van der Waals surface area contributed by atoms with Crippen LogP contribution in [0.1, 0.15) is 75.9 Å². The van der Waals surface area contributed by atoms with E-state index in [9.17, 15) is 27.6 Å². The highest BCUT2D eigenvalue weighted by atomic mass is 19.4. The van der Waals surface area contributed by atoms with Crippen LogP contribution in [0.4, 0.5) is 13.2 Å². The second-order valence-corrected chi connectivity index (χ2v) is 10.5. The molecule has 3 aromatic carbocycles. The summed E-state index contributed by atoms with van der Waals surface area (Å²) in [5.74, 6) is -0.748. The van der Waals surface area contributed by atoms with Crippen molar-refractivity contribution in [1.29, 1.82) is 0 Å². The number of benzene rings is 3. The summed E-state index contributed by atoms with van der Waals surface area (Å²) < 4.78 is 57.8. The van der Waals surface area contributed by atoms with Crippen molar-refractivity contribution in [3.63, 3.8) is 0 Å². The van der Waals surface area contributed by atoms with Gasteiger partial charge in [-0.1, -0.05) is 29.3 Å². The lowest BCUT2D eigenvalue weighted by molar-refractivity contribution is -0.138. The van der Waals surface area contributed by atoms with E-state index in [1.807, 2.05) is 32.0 Å². The highest BCUT2D eigenvalue weighted by Gasteiger charge is 2.26. The molecule has 0 unspecified atom stereocenters. The first-order chi connectivity index (χ1) is 21.5. The normalized spacial score (nSPS) is 11.3. The van der Waals surface area contributed by atoms with Gasteiger partial charge in [-0.25, -0.2) is 14.4 Å². The standard InChI is InChI=1S/C35H37F3O7/c1-25-22-26(2)24-29(23-25)33(40)44-20-6-4-3-5-19-43-32(39)17-10-27-8-13-31(14-9-27)45-34(41)28-11-15-30(16-12-28)42-21-7-18-35(36,37)38/h8-17,22-24H,3-7,18-21H2,1-2H3/b17-10+. The van der Waals surface area contributed by atoms with Gasteiger partial charge < -0.3 is 18.9 Å². The van der Waals surface area contributed by atoms with Crippen LogP contribution in [0.3, 0.4) is 0 Å². The first-order valence-electron chi connectivity index (χ1n) is 14.7. The number of unbranched alkanes of at least 4 members (excludes halogenated alkanes) is 3. The molecule has 0 aromatic heterocycles. The van der Waals surface area contributed by atoms with Crippen LogP contribution in [0.5, 0.6) is 11.5 Å². The second-order valence-electron chi connectivity index (χ2n) is 10.5. The fourth-order valence-corrected chi connectivity index (χ4v) is 4.25. The van der Waals surface area contributed by atoms with Crippen LogP contribution in [0.25, 0.3) is 6.08 Å². The van der Waals surface area contributed by atoms with Gasteiger partial charge in [0.05, 0.1) is 30.9 Å². The molecule has 3 aromatic rings. The first kappa shape index (κ1) is 34.9. The van der Waals surface area contributed by atoms with Gasteiger partial charge in [-0.3, -0.25) is 0 Å². The number of carbonyl (C=O) groups excluding carboxylic acids is 3. The average molecular weight is 627 g/mol. The predicted molar refractivity (Wildman–Crippen MR) is 163 cm³/mol. The third-order valence-corrected chi connectivity index (χ3v) is 6.44. The van der Waals surface area contributed by atoms with Crippen LogP contribution < -0.4 is 9.47 Å². The van der Waals surface area contributed by atoms with Crippen LogP contribution in [0, 0.1) is 13.8 Å². The summed E-state index contributed by atoms with van der Waals surface area (Å²) in [6.45, 7) is 4.42. The molecule has 0 heterocycles. The maximum Gasteiger partial charge on any atom is 0.389 e. The summed E-state index contributed by atoms with van der Waals surface area (Å²) in [4.78, 5) is 36.6. The predicted octanol–water partition coefficient (Wildman–Crippen LogP) is 8.22. The molecule has 0 aliphatic carbocycles. The molecule has 0 radical (unpaired) electrons. The minimum Gasteiger partial charge on any atom is -0.494 e. The molecule has 0 saturated heterocycles. The molecule has 0 aliphatic rings. The molecular formula is C35H37F3O7. The molecule has 0 spiro atoms. The van der Waals surface area contributed by atoms with Crippen molar-refractivity contribution in [1.82, 2.24) is 0 Å². The summed E-state index contributed by atoms with van der Waals surface area (Å²) >= 11 is 0. The summed E-state index contributed by atoms with van der Waals surface area (Å²) in [7, 11) is 0. The molecule has 45 heavy (non-hydrogen) atoms. The van der Waals surface area contributed by atoms with Gasteiger partial charge >= 0.3 is 24.1 Å². The Labute approximate surface area is 260 Å². The van der Waals surface area contributed by atoms with E-state index in [2.05, 4.69) is 0 Å². The SMILES string of the molecule is Cc1cc(C)cc(C(=O)OCCCCCCOC(=O)/C=C/c2ccc(OC(=O)c3ccc(OCCCC(F)(F)F)cc3)cc2)c1. The lowest BCUT2D eigenvalue weighted by Crippen LogP contribution is -2.10. The zero-order valence-corrected chi connectivity index (χ0v) is 25.4. The lowest BCUT2D eigenvalue weighted by Gasteiger charge is -2.09. The van der Waals surface area contributed by atoms with E-state index in [0.29, 0.717) is 35.7 Å². The van der Waals surface area contributed by atoms with Gasteiger partial charge in [0.1, 0.15) is 11.5 Å². The molecular weight excluding hydrogens is 589 g/mol. The minimum atomic E-state index is -4.22. The zero-order chi connectivity index (χ0) is 32.7. The maximum absolute atomic E-state index is 12.4. The van der Waals surface area contributed by atoms with Crippen molar-refractivity contribution < 1.29 is 46.5 Å². The van der Waals surface area contributed by atoms with Crippen molar-refractivity contribution >= 4 is 24.0 Å². The minimum absolute atomic E-state index is 0.0846. The average Bonchev–Trinajstić information content (AvgIpc) is 2.99. The van der Waals surface area contributed by atoms with Gasteiger partial charge in [-0.2, -0.15) is 13.2 Å². The number of hydrogen-bond acceptors (Lipinski definition) is 7. The largest absolute Gasteiger partial charge is 0.494 e. The van der Waals surface area contributed by atoms with Gasteiger partial charge in [0.25, 0.3) is 0 Å². The Morgan fingerprint density at radius 1 is 0.667 bits per heavy atom. The van der Waals surface area contributed by atoms with Crippen LogP contribution in [0.15, 0.2) is 72.8 Å². The number of halogens is 3. The Hall–Kier alpha value is -4.60. The van der Waals surface area contributed by atoms with E-state index in [4.69, 9.17) is 18.9 Å². The molecule has 3 rings (SSSR count). The third kappa shape index (κ3) is 13.7. The fourth-order valence-electron chi connectivity index (χ4n) is 4.25. The molecule has 0 atom stereocenters. The highest BCUT2D eigenvalue weighted by Crippen LogP contribution is 2.22. The van der Waals surface area contributed by atoms with Gasteiger partial charge in [0.2, 0.25) is 0 Å². The quantitative estimate of drug-likeness (QED) is 0.0685. The van der Waals surface area contributed by atoms with Crippen LogP contribution in [-0.4, -0.2) is 43.9 Å².